The molecule has 2 N–H and O–H groups in total. The highest BCUT2D eigenvalue weighted by Crippen LogP contribution is 2.38. The van der Waals surface area contributed by atoms with Crippen LogP contribution in [-0.4, -0.2) is 99.1 Å². The number of amides is 1. The number of carbonyl (C=O) groups is 3. The lowest BCUT2D eigenvalue weighted by Gasteiger charge is -2.35. The Morgan fingerprint density at radius 2 is 1.32 bits per heavy atom. The van der Waals surface area contributed by atoms with Crippen LogP contribution >= 0.6 is 0 Å². The number of carboxylic acid groups (broad SMARTS) is 2. The van der Waals surface area contributed by atoms with Gasteiger partial charge >= 0.3 is 11.9 Å². The largest absolute Gasteiger partial charge is 0.493 e. The molecule has 12 heteroatoms. The second-order valence-corrected chi connectivity index (χ2v) is 8.01. The third-order valence-electron chi connectivity index (χ3n) is 5.69. The van der Waals surface area contributed by atoms with E-state index >= 15 is 0 Å². The molecule has 0 unspecified atom stereocenters. The van der Waals surface area contributed by atoms with Crippen molar-refractivity contribution in [3.63, 3.8) is 0 Å². The molecule has 1 fully saturated rings. The Kier molecular flexibility index (Phi) is 11.5. The Morgan fingerprint density at radius 3 is 1.76 bits per heavy atom. The summed E-state index contributed by atoms with van der Waals surface area (Å²) in [6.45, 7) is 6.18. The first-order chi connectivity index (χ1) is 18.2. The van der Waals surface area contributed by atoms with Crippen molar-refractivity contribution in [3.8, 4) is 28.7 Å². The third kappa shape index (κ3) is 7.90. The first-order valence-corrected chi connectivity index (χ1v) is 11.8. The lowest BCUT2D eigenvalue weighted by atomic mass is 10.1. The topological polar surface area (TPSA) is 144 Å². The van der Waals surface area contributed by atoms with Crippen LogP contribution in [0.3, 0.4) is 0 Å². The number of rotatable bonds is 9. The number of carboxylic acids is 2. The lowest BCUT2D eigenvalue weighted by molar-refractivity contribution is -0.159. The van der Waals surface area contributed by atoms with E-state index in [0.717, 1.165) is 36.7 Å². The van der Waals surface area contributed by atoms with Crippen molar-refractivity contribution in [1.82, 2.24) is 9.80 Å². The summed E-state index contributed by atoms with van der Waals surface area (Å²) in [6, 6.07) is 9.40. The van der Waals surface area contributed by atoms with E-state index in [1.165, 1.54) is 0 Å². The first kappa shape index (κ1) is 30.0. The van der Waals surface area contributed by atoms with Crippen LogP contribution in [-0.2, 0) is 16.1 Å². The Hall–Kier alpha value is -4.19. The summed E-state index contributed by atoms with van der Waals surface area (Å²) in [5.74, 6) is -0.795. The molecule has 12 nitrogen and oxygen atoms in total. The van der Waals surface area contributed by atoms with Gasteiger partial charge in [-0.2, -0.15) is 0 Å². The monoisotopic (exact) mass is 534 g/mol. The van der Waals surface area contributed by atoms with Crippen LogP contribution in [0.2, 0.25) is 0 Å². The van der Waals surface area contributed by atoms with Gasteiger partial charge in [0, 0.05) is 38.3 Å². The van der Waals surface area contributed by atoms with Gasteiger partial charge in [0.1, 0.15) is 0 Å². The summed E-state index contributed by atoms with van der Waals surface area (Å²) in [5, 5.41) is 14.8. The fourth-order valence-corrected chi connectivity index (χ4v) is 3.84. The quantitative estimate of drug-likeness (QED) is 0.457. The zero-order valence-electron chi connectivity index (χ0n) is 22.2. The van der Waals surface area contributed by atoms with E-state index in [1.807, 2.05) is 24.0 Å². The van der Waals surface area contributed by atoms with Gasteiger partial charge in [-0.05, 0) is 36.8 Å². The third-order valence-corrected chi connectivity index (χ3v) is 5.69. The molecule has 0 aliphatic carbocycles. The minimum Gasteiger partial charge on any atom is -0.493 e. The minimum absolute atomic E-state index is 0.0491. The summed E-state index contributed by atoms with van der Waals surface area (Å²) < 4.78 is 27.2. The van der Waals surface area contributed by atoms with Crippen LogP contribution in [0.4, 0.5) is 0 Å². The molecule has 0 radical (unpaired) electrons. The maximum absolute atomic E-state index is 13.1. The Morgan fingerprint density at radius 1 is 0.763 bits per heavy atom. The normalized spacial score (nSPS) is 13.0. The molecule has 2 aromatic carbocycles. The Balaban J connectivity index is 0.000000757. The molecule has 0 spiro atoms. The molecule has 0 aromatic heterocycles. The number of benzene rings is 2. The van der Waals surface area contributed by atoms with Crippen molar-refractivity contribution in [2.45, 2.75) is 13.5 Å². The molecule has 1 aliphatic heterocycles. The van der Waals surface area contributed by atoms with Crippen molar-refractivity contribution in [1.29, 1.82) is 0 Å². The number of aliphatic carboxylic acids is 2. The van der Waals surface area contributed by atoms with E-state index < -0.39 is 11.9 Å². The van der Waals surface area contributed by atoms with Gasteiger partial charge in [0.15, 0.2) is 23.0 Å². The zero-order valence-corrected chi connectivity index (χ0v) is 22.2. The molecule has 1 saturated heterocycles. The Labute approximate surface area is 221 Å². The van der Waals surface area contributed by atoms with E-state index in [0.29, 0.717) is 42.5 Å². The predicted octanol–water partition coefficient (Wildman–Crippen LogP) is 2.23. The van der Waals surface area contributed by atoms with Crippen molar-refractivity contribution in [2.24, 2.45) is 0 Å². The molecule has 1 heterocycles. The minimum atomic E-state index is -1.82. The summed E-state index contributed by atoms with van der Waals surface area (Å²) >= 11 is 0. The number of hydrogen-bond acceptors (Lipinski definition) is 9. The molecule has 1 amide bonds. The summed E-state index contributed by atoms with van der Waals surface area (Å²) in [7, 11) is 6.27. The maximum Gasteiger partial charge on any atom is 0.414 e. The van der Waals surface area contributed by atoms with Crippen molar-refractivity contribution in [2.75, 3.05) is 61.2 Å². The number of nitrogens with zero attached hydrogens (tertiary/aromatic N) is 2. The number of methoxy groups -OCH3 is 4. The fraction of sp³-hybridized carbons (Fsp3) is 0.423. The van der Waals surface area contributed by atoms with Gasteiger partial charge in [-0.25, -0.2) is 9.59 Å². The standard InChI is InChI=1S/C24H32N2O6.C2H2O4/c1-6-32-20-13-17(7-8-19(20)28-2)16-25-9-11-26(12-10-25)24(27)18-14-21(29-3)23(31-5)22(15-18)30-4;3-1(4)2(5)6/h7-8,13-15H,6,9-12,16H2,1-5H3;(H,3,4)(H,5,6). The summed E-state index contributed by atoms with van der Waals surface area (Å²) in [6.07, 6.45) is 0. The van der Waals surface area contributed by atoms with Crippen LogP contribution in [0.1, 0.15) is 22.8 Å². The molecule has 0 bridgehead atoms. The molecule has 1 aliphatic rings. The molecular weight excluding hydrogens is 500 g/mol. The number of piperazine rings is 1. The van der Waals surface area contributed by atoms with E-state index in [4.69, 9.17) is 43.5 Å². The molecule has 0 atom stereocenters. The average Bonchev–Trinajstić information content (AvgIpc) is 2.92. The lowest BCUT2D eigenvalue weighted by Crippen LogP contribution is -2.48. The summed E-state index contributed by atoms with van der Waals surface area (Å²) in [5.41, 5.74) is 1.67. The second kappa shape index (κ2) is 14.5. The van der Waals surface area contributed by atoms with E-state index in [2.05, 4.69) is 11.0 Å². The molecule has 3 rings (SSSR count). The summed E-state index contributed by atoms with van der Waals surface area (Å²) in [4.78, 5) is 35.5. The van der Waals surface area contributed by atoms with Crippen molar-refractivity contribution in [3.05, 3.63) is 41.5 Å². The second-order valence-electron chi connectivity index (χ2n) is 8.01. The van der Waals surface area contributed by atoms with Gasteiger partial charge in [-0.3, -0.25) is 9.69 Å². The van der Waals surface area contributed by atoms with Crippen LogP contribution in [0.5, 0.6) is 28.7 Å². The smallest absolute Gasteiger partial charge is 0.414 e. The van der Waals surface area contributed by atoms with Crippen molar-refractivity contribution >= 4 is 17.8 Å². The Bertz CT molecular complexity index is 1080. The molecule has 0 saturated carbocycles. The number of ether oxygens (including phenoxy) is 5. The van der Waals surface area contributed by atoms with E-state index in [9.17, 15) is 4.79 Å². The van der Waals surface area contributed by atoms with Gasteiger partial charge in [-0.15, -0.1) is 0 Å². The predicted molar refractivity (Wildman–Crippen MR) is 137 cm³/mol. The SMILES string of the molecule is CCOc1cc(CN2CCN(C(=O)c3cc(OC)c(OC)c(OC)c3)CC2)ccc1OC.O=C(O)C(=O)O. The average molecular weight is 535 g/mol. The first-order valence-electron chi connectivity index (χ1n) is 11.8. The van der Waals surface area contributed by atoms with E-state index in [-0.39, 0.29) is 5.91 Å². The van der Waals surface area contributed by atoms with Crippen LogP contribution in [0, 0.1) is 0 Å². The van der Waals surface area contributed by atoms with Gasteiger partial charge in [0.25, 0.3) is 5.91 Å². The molecule has 2 aromatic rings. The maximum atomic E-state index is 13.1. The highest BCUT2D eigenvalue weighted by molar-refractivity contribution is 6.27. The van der Waals surface area contributed by atoms with Crippen LogP contribution in [0.25, 0.3) is 0 Å². The highest BCUT2D eigenvalue weighted by atomic mass is 16.5. The molecular formula is C26H34N2O10. The van der Waals surface area contributed by atoms with Gasteiger partial charge in [-0.1, -0.05) is 6.07 Å². The molecule has 208 valence electrons. The van der Waals surface area contributed by atoms with Crippen LogP contribution < -0.4 is 23.7 Å². The highest BCUT2D eigenvalue weighted by Gasteiger charge is 2.25. The molecule has 38 heavy (non-hydrogen) atoms. The number of carbonyl (C=O) groups excluding carboxylic acids is 1. The fourth-order valence-electron chi connectivity index (χ4n) is 3.84. The van der Waals surface area contributed by atoms with Crippen LogP contribution in [0.15, 0.2) is 30.3 Å². The van der Waals surface area contributed by atoms with Gasteiger partial charge in [0.05, 0.1) is 35.0 Å². The zero-order chi connectivity index (χ0) is 28.2. The van der Waals surface area contributed by atoms with E-state index in [1.54, 1.807) is 40.6 Å². The van der Waals surface area contributed by atoms with Crippen molar-refractivity contribution < 1.29 is 48.3 Å². The number of hydrogen-bond donors (Lipinski definition) is 2. The van der Waals surface area contributed by atoms with Gasteiger partial charge in [0.2, 0.25) is 5.75 Å². The van der Waals surface area contributed by atoms with Gasteiger partial charge < -0.3 is 38.8 Å².